The summed E-state index contributed by atoms with van der Waals surface area (Å²) in [6, 6.07) is 9.10. The van der Waals surface area contributed by atoms with Crippen molar-refractivity contribution in [1.82, 2.24) is 0 Å². The lowest BCUT2D eigenvalue weighted by Crippen LogP contribution is -2.47. The molecule has 3 N–H and O–H groups in total. The van der Waals surface area contributed by atoms with Gasteiger partial charge >= 0.3 is 11.9 Å². The third-order valence-electron chi connectivity index (χ3n) is 2.20. The highest BCUT2D eigenvalue weighted by Gasteiger charge is 2.32. The Morgan fingerprint density at radius 3 is 2.47 bits per heavy atom. The van der Waals surface area contributed by atoms with Crippen LogP contribution in [-0.2, 0) is 20.9 Å². The zero-order valence-corrected chi connectivity index (χ0v) is 9.55. The van der Waals surface area contributed by atoms with E-state index >= 15 is 0 Å². The number of aliphatic carboxylic acids is 1. The first kappa shape index (κ1) is 13.2. The topological polar surface area (TPSA) is 89.6 Å². The van der Waals surface area contributed by atoms with E-state index in [4.69, 9.17) is 15.6 Å². The van der Waals surface area contributed by atoms with E-state index in [-0.39, 0.29) is 6.61 Å². The molecule has 5 heteroatoms. The average Bonchev–Trinajstić information content (AvgIpc) is 2.25. The number of carboxylic acids is 1. The zero-order valence-electron chi connectivity index (χ0n) is 9.55. The Kier molecular flexibility index (Phi) is 4.23. The lowest BCUT2D eigenvalue weighted by molar-refractivity contribution is -0.155. The van der Waals surface area contributed by atoms with Crippen LogP contribution in [0, 0.1) is 0 Å². The largest absolute Gasteiger partial charge is 0.481 e. The molecule has 0 radical (unpaired) electrons. The molecule has 0 saturated carbocycles. The number of carbonyl (C=O) groups is 2. The van der Waals surface area contributed by atoms with Crippen LogP contribution in [-0.4, -0.2) is 22.6 Å². The maximum absolute atomic E-state index is 11.6. The molecule has 1 rings (SSSR count). The number of esters is 1. The van der Waals surface area contributed by atoms with E-state index in [2.05, 4.69) is 0 Å². The predicted molar refractivity (Wildman–Crippen MR) is 61.1 cm³/mol. The number of benzene rings is 1. The smallest absolute Gasteiger partial charge is 0.326 e. The van der Waals surface area contributed by atoms with Crippen LogP contribution < -0.4 is 5.73 Å². The Balaban J connectivity index is 2.52. The molecular weight excluding hydrogens is 222 g/mol. The van der Waals surface area contributed by atoms with Crippen molar-refractivity contribution in [2.24, 2.45) is 5.73 Å². The van der Waals surface area contributed by atoms with E-state index in [9.17, 15) is 9.59 Å². The van der Waals surface area contributed by atoms with E-state index in [0.717, 1.165) is 5.56 Å². The fourth-order valence-corrected chi connectivity index (χ4v) is 1.27. The summed E-state index contributed by atoms with van der Waals surface area (Å²) in [6.07, 6.45) is -0.458. The first-order valence-electron chi connectivity index (χ1n) is 5.13. The molecule has 0 aliphatic rings. The minimum atomic E-state index is -1.50. The highest BCUT2D eigenvalue weighted by atomic mass is 16.5. The third kappa shape index (κ3) is 4.24. The summed E-state index contributed by atoms with van der Waals surface area (Å²) in [7, 11) is 0. The van der Waals surface area contributed by atoms with Gasteiger partial charge in [0.05, 0.1) is 6.42 Å². The number of rotatable bonds is 5. The van der Waals surface area contributed by atoms with E-state index in [1.807, 2.05) is 18.2 Å². The fraction of sp³-hybridized carbons (Fsp3) is 0.333. The number of hydrogen-bond acceptors (Lipinski definition) is 4. The fourth-order valence-electron chi connectivity index (χ4n) is 1.27. The molecule has 0 bridgehead atoms. The molecule has 1 atom stereocenters. The van der Waals surface area contributed by atoms with Crippen molar-refractivity contribution in [3.8, 4) is 0 Å². The molecule has 0 aliphatic heterocycles. The van der Waals surface area contributed by atoms with Crippen LogP contribution in [0.5, 0.6) is 0 Å². The molecule has 5 nitrogen and oxygen atoms in total. The van der Waals surface area contributed by atoms with Gasteiger partial charge in [0.2, 0.25) is 0 Å². The normalized spacial score (nSPS) is 13.8. The standard InChI is InChI=1S/C12H15NO4/c1-12(13,7-10(14)15)11(16)17-8-9-5-3-2-4-6-9/h2-6H,7-8,13H2,1H3,(H,14,15). The van der Waals surface area contributed by atoms with Crippen molar-refractivity contribution >= 4 is 11.9 Å². The summed E-state index contributed by atoms with van der Waals surface area (Å²) >= 11 is 0. The minimum Gasteiger partial charge on any atom is -0.481 e. The summed E-state index contributed by atoms with van der Waals surface area (Å²) < 4.78 is 4.97. The maximum atomic E-state index is 11.6. The van der Waals surface area contributed by atoms with Gasteiger partial charge in [0, 0.05) is 0 Å². The predicted octanol–water partition coefficient (Wildman–Crippen LogP) is 0.922. The Bertz CT molecular complexity index is 400. The van der Waals surface area contributed by atoms with Crippen LogP contribution in [0.4, 0.5) is 0 Å². The second-order valence-corrected chi connectivity index (χ2v) is 4.05. The Labute approximate surface area is 99.2 Å². The van der Waals surface area contributed by atoms with Crippen LogP contribution in [0.25, 0.3) is 0 Å². The molecule has 17 heavy (non-hydrogen) atoms. The Morgan fingerprint density at radius 1 is 1.35 bits per heavy atom. The van der Waals surface area contributed by atoms with E-state index in [1.165, 1.54) is 6.92 Å². The maximum Gasteiger partial charge on any atom is 0.326 e. The summed E-state index contributed by atoms with van der Waals surface area (Å²) in [5.41, 5.74) is 4.90. The molecule has 0 heterocycles. The van der Waals surface area contributed by atoms with Gasteiger partial charge in [0.15, 0.2) is 0 Å². The molecule has 1 aromatic rings. The molecule has 1 aromatic carbocycles. The van der Waals surface area contributed by atoms with Crippen LogP contribution in [0.1, 0.15) is 18.9 Å². The summed E-state index contributed by atoms with van der Waals surface area (Å²) in [4.78, 5) is 22.1. The second-order valence-electron chi connectivity index (χ2n) is 4.05. The summed E-state index contributed by atoms with van der Waals surface area (Å²) in [5.74, 6) is -1.85. The quantitative estimate of drug-likeness (QED) is 0.743. The van der Waals surface area contributed by atoms with Crippen molar-refractivity contribution in [3.63, 3.8) is 0 Å². The molecular formula is C12H15NO4. The van der Waals surface area contributed by atoms with Crippen LogP contribution >= 0.6 is 0 Å². The third-order valence-corrected chi connectivity index (χ3v) is 2.20. The molecule has 92 valence electrons. The van der Waals surface area contributed by atoms with Crippen LogP contribution in [0.15, 0.2) is 30.3 Å². The van der Waals surface area contributed by atoms with Gasteiger partial charge in [-0.3, -0.25) is 9.59 Å². The van der Waals surface area contributed by atoms with Gasteiger partial charge < -0.3 is 15.6 Å². The first-order valence-corrected chi connectivity index (χ1v) is 5.13. The van der Waals surface area contributed by atoms with E-state index in [1.54, 1.807) is 12.1 Å². The lowest BCUT2D eigenvalue weighted by atomic mass is 10.00. The lowest BCUT2D eigenvalue weighted by Gasteiger charge is -2.20. The summed E-state index contributed by atoms with van der Waals surface area (Å²) in [6.45, 7) is 1.43. The highest BCUT2D eigenvalue weighted by molar-refractivity contribution is 5.85. The van der Waals surface area contributed by atoms with Crippen molar-refractivity contribution in [2.45, 2.75) is 25.5 Å². The number of carbonyl (C=O) groups excluding carboxylic acids is 1. The summed E-state index contributed by atoms with van der Waals surface area (Å²) in [5, 5.41) is 8.60. The molecule has 0 spiro atoms. The van der Waals surface area contributed by atoms with Crippen molar-refractivity contribution in [1.29, 1.82) is 0 Å². The molecule has 0 saturated heterocycles. The Hall–Kier alpha value is -1.88. The van der Waals surface area contributed by atoms with Gasteiger partial charge in [-0.15, -0.1) is 0 Å². The SMILES string of the molecule is CC(N)(CC(=O)O)C(=O)OCc1ccccc1. The van der Waals surface area contributed by atoms with Crippen molar-refractivity contribution in [2.75, 3.05) is 0 Å². The van der Waals surface area contributed by atoms with Gasteiger partial charge in [0.25, 0.3) is 0 Å². The van der Waals surface area contributed by atoms with Gasteiger partial charge in [-0.1, -0.05) is 30.3 Å². The van der Waals surface area contributed by atoms with Crippen molar-refractivity contribution < 1.29 is 19.4 Å². The van der Waals surface area contributed by atoms with Crippen molar-refractivity contribution in [3.05, 3.63) is 35.9 Å². The molecule has 0 aliphatic carbocycles. The monoisotopic (exact) mass is 237 g/mol. The molecule has 0 aromatic heterocycles. The zero-order chi connectivity index (χ0) is 12.9. The minimum absolute atomic E-state index is 0.0894. The number of ether oxygens (including phenoxy) is 1. The second kappa shape index (κ2) is 5.45. The van der Waals surface area contributed by atoms with E-state index < -0.39 is 23.9 Å². The van der Waals surface area contributed by atoms with E-state index in [0.29, 0.717) is 0 Å². The van der Waals surface area contributed by atoms with Gasteiger partial charge in [-0.2, -0.15) is 0 Å². The van der Waals surface area contributed by atoms with Crippen LogP contribution in [0.2, 0.25) is 0 Å². The number of carboxylic acid groups (broad SMARTS) is 1. The first-order chi connectivity index (χ1) is 7.92. The Morgan fingerprint density at radius 2 is 1.94 bits per heavy atom. The highest BCUT2D eigenvalue weighted by Crippen LogP contribution is 2.10. The van der Waals surface area contributed by atoms with Gasteiger partial charge in [-0.05, 0) is 12.5 Å². The number of hydrogen-bond donors (Lipinski definition) is 2. The van der Waals surface area contributed by atoms with Gasteiger partial charge in [0.1, 0.15) is 12.1 Å². The van der Waals surface area contributed by atoms with Crippen LogP contribution in [0.3, 0.4) is 0 Å². The molecule has 0 fully saturated rings. The average molecular weight is 237 g/mol. The molecule has 1 unspecified atom stereocenters. The number of nitrogens with two attached hydrogens (primary N) is 1. The molecule has 0 amide bonds. The van der Waals surface area contributed by atoms with Gasteiger partial charge in [-0.25, -0.2) is 0 Å².